The van der Waals surface area contributed by atoms with Crippen molar-refractivity contribution in [2.45, 2.75) is 32.3 Å². The minimum absolute atomic E-state index is 0.159. The second-order valence-electron chi connectivity index (χ2n) is 5.33. The first-order chi connectivity index (χ1) is 9.79. The molecule has 0 aromatic heterocycles. The average molecular weight is 387 g/mol. The number of hydrogen-bond donors (Lipinski definition) is 0. The zero-order valence-corrected chi connectivity index (χ0v) is 13.9. The Balaban J connectivity index is 1.77. The van der Waals surface area contributed by atoms with Crippen molar-refractivity contribution in [3.63, 3.8) is 0 Å². The van der Waals surface area contributed by atoms with Crippen LogP contribution in [-0.4, -0.2) is 28.5 Å². The van der Waals surface area contributed by atoms with Crippen molar-refractivity contribution >= 4 is 28.7 Å². The average Bonchev–Trinajstić information content (AvgIpc) is 2.52. The normalized spacial score (nSPS) is 18.9. The number of carbonyl (C=O) groups excluding carboxylic acids is 1. The number of rotatable bonds is 5. The maximum atomic E-state index is 12.1. The van der Waals surface area contributed by atoms with Crippen LogP contribution in [0.1, 0.15) is 31.2 Å². The van der Waals surface area contributed by atoms with E-state index in [1.54, 1.807) is 0 Å². The SMILES string of the molecule is O=C(OCc1ccccc1)N1CCCC(CCCI)C1. The lowest BCUT2D eigenvalue weighted by Crippen LogP contribution is -2.40. The van der Waals surface area contributed by atoms with Gasteiger partial charge in [-0.1, -0.05) is 52.9 Å². The minimum Gasteiger partial charge on any atom is -0.445 e. The Kier molecular flexibility index (Phi) is 6.63. The standard InChI is InChI=1S/C16H22INO2/c17-10-4-8-14-9-5-11-18(12-14)16(19)20-13-15-6-2-1-3-7-15/h1-3,6-7,14H,4-5,8-13H2. The Morgan fingerprint density at radius 1 is 1.35 bits per heavy atom. The molecule has 0 N–H and O–H groups in total. The van der Waals surface area contributed by atoms with Crippen LogP contribution in [-0.2, 0) is 11.3 Å². The third-order valence-corrected chi connectivity index (χ3v) is 4.49. The number of benzene rings is 1. The quantitative estimate of drug-likeness (QED) is 0.559. The van der Waals surface area contributed by atoms with Gasteiger partial charge in [0.25, 0.3) is 0 Å². The van der Waals surface area contributed by atoms with Crippen LogP contribution in [0.4, 0.5) is 4.79 Å². The van der Waals surface area contributed by atoms with Crippen molar-refractivity contribution in [1.82, 2.24) is 4.90 Å². The molecule has 1 aliphatic heterocycles. The van der Waals surface area contributed by atoms with Crippen LogP contribution >= 0.6 is 22.6 Å². The predicted octanol–water partition coefficient (Wildman–Crippen LogP) is 4.25. The molecule has 0 spiro atoms. The number of amides is 1. The van der Waals surface area contributed by atoms with Gasteiger partial charge in [0.2, 0.25) is 0 Å². The molecule has 1 atom stereocenters. The third kappa shape index (κ3) is 4.96. The topological polar surface area (TPSA) is 29.5 Å². The Hall–Kier alpha value is -0.780. The van der Waals surface area contributed by atoms with Crippen LogP contribution in [0.5, 0.6) is 0 Å². The Bertz CT molecular complexity index is 410. The lowest BCUT2D eigenvalue weighted by Gasteiger charge is -2.32. The molecule has 110 valence electrons. The van der Waals surface area contributed by atoms with Crippen LogP contribution in [0.15, 0.2) is 30.3 Å². The first-order valence-corrected chi connectivity index (χ1v) is 8.83. The summed E-state index contributed by atoms with van der Waals surface area (Å²) in [5.74, 6) is 0.655. The van der Waals surface area contributed by atoms with E-state index >= 15 is 0 Å². The molecule has 2 rings (SSSR count). The van der Waals surface area contributed by atoms with E-state index in [1.807, 2.05) is 35.2 Å². The number of hydrogen-bond acceptors (Lipinski definition) is 2. The van der Waals surface area contributed by atoms with Crippen molar-refractivity contribution in [3.05, 3.63) is 35.9 Å². The number of likely N-dealkylation sites (tertiary alicyclic amines) is 1. The molecule has 1 heterocycles. The number of ether oxygens (including phenoxy) is 1. The molecule has 20 heavy (non-hydrogen) atoms. The highest BCUT2D eigenvalue weighted by atomic mass is 127. The molecule has 0 saturated carbocycles. The van der Waals surface area contributed by atoms with E-state index in [-0.39, 0.29) is 6.09 Å². The summed E-state index contributed by atoms with van der Waals surface area (Å²) < 4.78 is 6.61. The highest BCUT2D eigenvalue weighted by Gasteiger charge is 2.24. The summed E-state index contributed by atoms with van der Waals surface area (Å²) in [5, 5.41) is 0. The molecule has 0 aliphatic carbocycles. The van der Waals surface area contributed by atoms with E-state index in [0.717, 1.165) is 25.1 Å². The number of alkyl halides is 1. The third-order valence-electron chi connectivity index (χ3n) is 3.73. The maximum absolute atomic E-state index is 12.1. The van der Waals surface area contributed by atoms with Crippen LogP contribution in [0.3, 0.4) is 0 Å². The smallest absolute Gasteiger partial charge is 0.410 e. The fraction of sp³-hybridized carbons (Fsp3) is 0.562. The van der Waals surface area contributed by atoms with Crippen LogP contribution < -0.4 is 0 Å². The van der Waals surface area contributed by atoms with Gasteiger partial charge in [0.1, 0.15) is 6.61 Å². The summed E-state index contributed by atoms with van der Waals surface area (Å²) in [6.07, 6.45) is 4.67. The van der Waals surface area contributed by atoms with Crippen molar-refractivity contribution in [3.8, 4) is 0 Å². The second-order valence-corrected chi connectivity index (χ2v) is 6.40. The van der Waals surface area contributed by atoms with Gasteiger partial charge in [0, 0.05) is 13.1 Å². The van der Waals surface area contributed by atoms with Gasteiger partial charge in [-0.2, -0.15) is 0 Å². The lowest BCUT2D eigenvalue weighted by atomic mass is 9.94. The molecule has 3 nitrogen and oxygen atoms in total. The fourth-order valence-corrected chi connectivity index (χ4v) is 3.08. The van der Waals surface area contributed by atoms with Crippen LogP contribution in [0.25, 0.3) is 0 Å². The van der Waals surface area contributed by atoms with E-state index in [0.29, 0.717) is 12.5 Å². The maximum Gasteiger partial charge on any atom is 0.410 e. The fourth-order valence-electron chi connectivity index (χ4n) is 2.64. The van der Waals surface area contributed by atoms with Crippen molar-refractivity contribution in [1.29, 1.82) is 0 Å². The van der Waals surface area contributed by atoms with Gasteiger partial charge < -0.3 is 9.64 Å². The van der Waals surface area contributed by atoms with Gasteiger partial charge in [-0.25, -0.2) is 4.79 Å². The largest absolute Gasteiger partial charge is 0.445 e. The van der Waals surface area contributed by atoms with Crippen LogP contribution in [0.2, 0.25) is 0 Å². The molecule has 1 aromatic rings. The van der Waals surface area contributed by atoms with Crippen molar-refractivity contribution < 1.29 is 9.53 Å². The molecule has 1 aromatic carbocycles. The molecule has 1 amide bonds. The molecule has 1 aliphatic rings. The Labute approximate surface area is 134 Å². The molecule has 1 unspecified atom stereocenters. The van der Waals surface area contributed by atoms with E-state index in [9.17, 15) is 4.79 Å². The summed E-state index contributed by atoms with van der Waals surface area (Å²) in [6, 6.07) is 9.85. The molecule has 1 fully saturated rings. The van der Waals surface area contributed by atoms with Gasteiger partial charge in [0.05, 0.1) is 0 Å². The minimum atomic E-state index is -0.159. The predicted molar refractivity (Wildman–Crippen MR) is 89.0 cm³/mol. The number of carbonyl (C=O) groups is 1. The number of nitrogens with zero attached hydrogens (tertiary/aromatic N) is 1. The van der Waals surface area contributed by atoms with E-state index < -0.39 is 0 Å². The van der Waals surface area contributed by atoms with E-state index in [2.05, 4.69) is 22.6 Å². The highest BCUT2D eigenvalue weighted by molar-refractivity contribution is 14.1. The summed E-state index contributed by atoms with van der Waals surface area (Å²) in [4.78, 5) is 14.0. The number of piperidine rings is 1. The summed E-state index contributed by atoms with van der Waals surface area (Å²) in [7, 11) is 0. The number of halogens is 1. The molecular formula is C16H22INO2. The Morgan fingerprint density at radius 2 is 2.15 bits per heavy atom. The first kappa shape index (κ1) is 15.6. The second kappa shape index (κ2) is 8.49. The summed E-state index contributed by atoms with van der Waals surface area (Å²) >= 11 is 2.42. The molecule has 1 saturated heterocycles. The summed E-state index contributed by atoms with van der Waals surface area (Å²) in [6.45, 7) is 2.08. The lowest BCUT2D eigenvalue weighted by molar-refractivity contribution is 0.0780. The van der Waals surface area contributed by atoms with Gasteiger partial charge in [-0.15, -0.1) is 0 Å². The van der Waals surface area contributed by atoms with Gasteiger partial charge in [-0.3, -0.25) is 0 Å². The molecule has 0 radical (unpaired) electrons. The molecule has 0 bridgehead atoms. The van der Waals surface area contributed by atoms with Crippen molar-refractivity contribution in [2.24, 2.45) is 5.92 Å². The Morgan fingerprint density at radius 3 is 2.90 bits per heavy atom. The van der Waals surface area contributed by atoms with Gasteiger partial charge in [0.15, 0.2) is 0 Å². The monoisotopic (exact) mass is 387 g/mol. The molecular weight excluding hydrogens is 365 g/mol. The zero-order chi connectivity index (χ0) is 14.2. The zero-order valence-electron chi connectivity index (χ0n) is 11.8. The van der Waals surface area contributed by atoms with E-state index in [1.165, 1.54) is 23.7 Å². The molecule has 4 heteroatoms. The van der Waals surface area contributed by atoms with Crippen molar-refractivity contribution in [2.75, 3.05) is 17.5 Å². The summed E-state index contributed by atoms with van der Waals surface area (Å²) in [5.41, 5.74) is 1.04. The van der Waals surface area contributed by atoms with Gasteiger partial charge in [-0.05, 0) is 41.6 Å². The van der Waals surface area contributed by atoms with Crippen LogP contribution in [0, 0.1) is 5.92 Å². The first-order valence-electron chi connectivity index (χ1n) is 7.31. The van der Waals surface area contributed by atoms with Gasteiger partial charge >= 0.3 is 6.09 Å². The van der Waals surface area contributed by atoms with E-state index in [4.69, 9.17) is 4.74 Å². The highest BCUT2D eigenvalue weighted by Crippen LogP contribution is 2.22.